The summed E-state index contributed by atoms with van der Waals surface area (Å²) in [5.74, 6) is 1.39. The Bertz CT molecular complexity index is 512. The Morgan fingerprint density at radius 2 is 1.89 bits per heavy atom. The Hall–Kier alpha value is -2.48. The number of rotatable bonds is 4. The van der Waals surface area contributed by atoms with E-state index in [0.29, 0.717) is 11.3 Å². The number of urea groups is 1. The average molecular weight is 260 g/mol. The molecule has 0 aliphatic heterocycles. The van der Waals surface area contributed by atoms with Crippen molar-refractivity contribution in [1.29, 1.82) is 0 Å². The highest BCUT2D eigenvalue weighted by Crippen LogP contribution is 2.24. The van der Waals surface area contributed by atoms with Gasteiger partial charge >= 0.3 is 12.0 Å². The van der Waals surface area contributed by atoms with Gasteiger partial charge in [-0.2, -0.15) is 0 Å². The molecule has 5 nitrogen and oxygen atoms in total. The van der Waals surface area contributed by atoms with Crippen LogP contribution in [0.2, 0.25) is 0 Å². The molecule has 0 aliphatic carbocycles. The van der Waals surface area contributed by atoms with Crippen molar-refractivity contribution in [2.45, 2.75) is 19.3 Å². The lowest BCUT2D eigenvalue weighted by Gasteiger charge is -2.19. The quantitative estimate of drug-likeness (QED) is 0.722. The van der Waals surface area contributed by atoms with Crippen LogP contribution in [0.1, 0.15) is 19.4 Å². The van der Waals surface area contributed by atoms with E-state index in [9.17, 15) is 9.59 Å². The maximum Gasteiger partial charge on any atom is 0.319 e. The van der Waals surface area contributed by atoms with Crippen molar-refractivity contribution in [2.24, 2.45) is 0 Å². The summed E-state index contributed by atoms with van der Waals surface area (Å²) in [5.41, 5.74) is 0.263. The topological polar surface area (TPSA) is 78.4 Å². The van der Waals surface area contributed by atoms with E-state index in [2.05, 4.69) is 16.6 Å². The third-order valence-corrected chi connectivity index (χ3v) is 2.75. The predicted molar refractivity (Wildman–Crippen MR) is 73.0 cm³/mol. The predicted octanol–water partition coefficient (Wildman–Crippen LogP) is 1.80. The zero-order valence-corrected chi connectivity index (χ0v) is 10.9. The van der Waals surface area contributed by atoms with Gasteiger partial charge in [-0.05, 0) is 31.5 Å². The highest BCUT2D eigenvalue weighted by atomic mass is 16.4. The van der Waals surface area contributed by atoms with E-state index < -0.39 is 17.4 Å². The van der Waals surface area contributed by atoms with Gasteiger partial charge in [-0.1, -0.05) is 18.1 Å². The first kappa shape index (κ1) is 14.6. The first-order valence-corrected chi connectivity index (χ1v) is 5.70. The minimum Gasteiger partial charge on any atom is -0.481 e. The summed E-state index contributed by atoms with van der Waals surface area (Å²) in [6, 6.07) is 6.24. The molecule has 0 saturated heterocycles. The van der Waals surface area contributed by atoms with E-state index in [-0.39, 0.29) is 6.54 Å². The molecule has 0 radical (unpaired) electrons. The smallest absolute Gasteiger partial charge is 0.319 e. The van der Waals surface area contributed by atoms with Gasteiger partial charge in [-0.3, -0.25) is 4.79 Å². The first-order valence-electron chi connectivity index (χ1n) is 5.70. The summed E-state index contributed by atoms with van der Waals surface area (Å²) in [5, 5.41) is 14.2. The number of nitrogens with one attached hydrogen (secondary N) is 2. The number of carbonyl (C=O) groups is 2. The minimum atomic E-state index is -0.968. The molecule has 0 aliphatic rings. The molecule has 1 aromatic carbocycles. The van der Waals surface area contributed by atoms with Crippen molar-refractivity contribution < 1.29 is 14.7 Å². The molecular weight excluding hydrogens is 244 g/mol. The normalized spacial score (nSPS) is 10.4. The third kappa shape index (κ3) is 3.75. The number of hydrogen-bond acceptors (Lipinski definition) is 2. The van der Waals surface area contributed by atoms with Crippen molar-refractivity contribution in [1.82, 2.24) is 5.32 Å². The van der Waals surface area contributed by atoms with Crippen LogP contribution < -0.4 is 10.6 Å². The summed E-state index contributed by atoms with van der Waals surface area (Å²) in [4.78, 5) is 22.5. The molecule has 0 bridgehead atoms. The second-order valence-corrected chi connectivity index (χ2v) is 4.52. The summed E-state index contributed by atoms with van der Waals surface area (Å²) < 4.78 is 0. The largest absolute Gasteiger partial charge is 0.481 e. The molecule has 19 heavy (non-hydrogen) atoms. The number of carboxylic acids is 1. The summed E-state index contributed by atoms with van der Waals surface area (Å²) >= 11 is 0. The Labute approximate surface area is 112 Å². The van der Waals surface area contributed by atoms with Gasteiger partial charge in [0.25, 0.3) is 0 Å². The van der Waals surface area contributed by atoms with E-state index >= 15 is 0 Å². The highest BCUT2D eigenvalue weighted by molar-refractivity contribution is 5.89. The third-order valence-electron chi connectivity index (χ3n) is 2.75. The van der Waals surface area contributed by atoms with Crippen LogP contribution in [0.5, 0.6) is 0 Å². The van der Waals surface area contributed by atoms with E-state index in [4.69, 9.17) is 11.5 Å². The molecule has 2 amide bonds. The lowest BCUT2D eigenvalue weighted by molar-refractivity contribution is -0.142. The molecule has 0 heterocycles. The van der Waals surface area contributed by atoms with Crippen molar-refractivity contribution in [3.63, 3.8) is 0 Å². The number of hydrogen-bond donors (Lipinski definition) is 3. The van der Waals surface area contributed by atoms with E-state index in [1.165, 1.54) is 0 Å². The molecule has 1 aromatic rings. The van der Waals surface area contributed by atoms with Crippen LogP contribution in [-0.2, 0) is 10.2 Å². The summed E-state index contributed by atoms with van der Waals surface area (Å²) in [6.07, 6.45) is 5.02. The molecule has 0 spiro atoms. The van der Waals surface area contributed by atoms with Gasteiger partial charge in [0.2, 0.25) is 0 Å². The number of aliphatic carboxylic acids is 1. The number of carbonyl (C=O) groups excluding carboxylic acids is 1. The molecule has 1 rings (SSSR count). The summed E-state index contributed by atoms with van der Waals surface area (Å²) in [6.45, 7) is 3.39. The molecular formula is C14H16N2O3. The van der Waals surface area contributed by atoms with Gasteiger partial charge in [-0.25, -0.2) is 4.79 Å². The van der Waals surface area contributed by atoms with E-state index in [1.807, 2.05) is 0 Å². The lowest BCUT2D eigenvalue weighted by atomic mass is 9.85. The zero-order chi connectivity index (χ0) is 14.5. The van der Waals surface area contributed by atoms with Crippen LogP contribution in [0.4, 0.5) is 10.5 Å². The number of benzene rings is 1. The van der Waals surface area contributed by atoms with Gasteiger partial charge in [-0.15, -0.1) is 6.42 Å². The van der Waals surface area contributed by atoms with Crippen LogP contribution in [0.3, 0.4) is 0 Å². The lowest BCUT2D eigenvalue weighted by Crippen LogP contribution is -2.29. The molecule has 0 saturated carbocycles. The number of amides is 2. The Balaban J connectivity index is 2.75. The summed E-state index contributed by atoms with van der Waals surface area (Å²) in [7, 11) is 0. The van der Waals surface area contributed by atoms with Crippen LogP contribution in [0, 0.1) is 12.3 Å². The molecule has 100 valence electrons. The van der Waals surface area contributed by atoms with Gasteiger partial charge < -0.3 is 15.7 Å². The van der Waals surface area contributed by atoms with Crippen LogP contribution in [0.15, 0.2) is 24.3 Å². The molecule has 0 aromatic heterocycles. The molecule has 0 fully saturated rings. The van der Waals surface area contributed by atoms with Crippen LogP contribution in [0.25, 0.3) is 0 Å². The fourth-order valence-corrected chi connectivity index (χ4v) is 1.40. The van der Waals surface area contributed by atoms with Crippen LogP contribution >= 0.6 is 0 Å². The highest BCUT2D eigenvalue weighted by Gasteiger charge is 2.29. The van der Waals surface area contributed by atoms with E-state index in [0.717, 1.165) is 0 Å². The van der Waals surface area contributed by atoms with Crippen molar-refractivity contribution >= 4 is 17.7 Å². The fourth-order valence-electron chi connectivity index (χ4n) is 1.40. The van der Waals surface area contributed by atoms with Gasteiger partial charge in [0.15, 0.2) is 0 Å². The second-order valence-electron chi connectivity index (χ2n) is 4.52. The average Bonchev–Trinajstić information content (AvgIpc) is 2.36. The monoisotopic (exact) mass is 260 g/mol. The van der Waals surface area contributed by atoms with Gasteiger partial charge in [0, 0.05) is 5.69 Å². The maximum absolute atomic E-state index is 11.3. The number of terminal acetylenes is 1. The van der Waals surface area contributed by atoms with E-state index in [1.54, 1.807) is 38.1 Å². The standard InChI is InChI=1S/C14H16N2O3/c1-4-9-15-13(19)16-11-7-5-10(6-8-11)14(2,3)12(17)18/h1,5-8H,9H2,2-3H3,(H,17,18)(H2,15,16,19). The molecule has 0 unspecified atom stereocenters. The number of anilines is 1. The SMILES string of the molecule is C#CCNC(=O)Nc1ccc(C(C)(C)C(=O)O)cc1. The fraction of sp³-hybridized carbons (Fsp3) is 0.286. The minimum absolute atomic E-state index is 0.149. The molecule has 3 N–H and O–H groups in total. The Kier molecular flexibility index (Phi) is 4.54. The van der Waals surface area contributed by atoms with Crippen LogP contribution in [-0.4, -0.2) is 23.7 Å². The zero-order valence-electron chi connectivity index (χ0n) is 10.9. The maximum atomic E-state index is 11.3. The van der Waals surface area contributed by atoms with Gasteiger partial charge in [0.05, 0.1) is 12.0 Å². The van der Waals surface area contributed by atoms with Crippen molar-refractivity contribution in [3.05, 3.63) is 29.8 Å². The van der Waals surface area contributed by atoms with Crippen molar-refractivity contribution in [3.8, 4) is 12.3 Å². The number of carboxylic acid groups (broad SMARTS) is 1. The molecule has 0 atom stereocenters. The molecule has 5 heteroatoms. The second kappa shape index (κ2) is 5.91. The van der Waals surface area contributed by atoms with Crippen molar-refractivity contribution in [2.75, 3.05) is 11.9 Å². The Morgan fingerprint density at radius 3 is 2.37 bits per heavy atom. The first-order chi connectivity index (χ1) is 8.87. The Morgan fingerprint density at radius 1 is 1.32 bits per heavy atom. The van der Waals surface area contributed by atoms with Gasteiger partial charge in [0.1, 0.15) is 0 Å².